The highest BCUT2D eigenvalue weighted by molar-refractivity contribution is 5.88. The van der Waals surface area contributed by atoms with Crippen molar-refractivity contribution >= 4 is 11.8 Å². The Morgan fingerprint density at radius 1 is 1.26 bits per heavy atom. The van der Waals surface area contributed by atoms with Gasteiger partial charge in [0.1, 0.15) is 6.04 Å². The van der Waals surface area contributed by atoms with Crippen molar-refractivity contribution in [1.29, 1.82) is 0 Å². The molecule has 0 saturated carbocycles. The molecule has 1 unspecified atom stereocenters. The molecule has 2 saturated heterocycles. The minimum Gasteiger partial charge on any atom is -0.341 e. The molecule has 2 rings (SSSR count). The Kier molecular flexibility index (Phi) is 4.45. The number of nitrogens with two attached hydrogens (primary N) is 1. The van der Waals surface area contributed by atoms with E-state index in [-0.39, 0.29) is 29.8 Å². The summed E-state index contributed by atoms with van der Waals surface area (Å²) < 4.78 is 0. The van der Waals surface area contributed by atoms with E-state index >= 15 is 0 Å². The van der Waals surface area contributed by atoms with E-state index in [1.807, 2.05) is 18.7 Å². The molecule has 2 heterocycles. The summed E-state index contributed by atoms with van der Waals surface area (Å²) in [5.74, 6) is 0.392. The number of hydrogen-bond donors (Lipinski definition) is 1. The molecule has 0 radical (unpaired) electrons. The molecule has 5 heteroatoms. The smallest absolute Gasteiger partial charge is 0.245 e. The van der Waals surface area contributed by atoms with Crippen LogP contribution in [0.15, 0.2) is 0 Å². The van der Waals surface area contributed by atoms with Gasteiger partial charge in [-0.2, -0.15) is 0 Å². The number of nitrogens with zero attached hydrogens (tertiary/aromatic N) is 2. The second-order valence-electron chi connectivity index (χ2n) is 6.04. The van der Waals surface area contributed by atoms with Crippen LogP contribution in [0.3, 0.4) is 0 Å². The zero-order chi connectivity index (χ0) is 14.0. The summed E-state index contributed by atoms with van der Waals surface area (Å²) >= 11 is 0. The topological polar surface area (TPSA) is 66.6 Å². The lowest BCUT2D eigenvalue weighted by atomic mass is 9.98. The van der Waals surface area contributed by atoms with Gasteiger partial charge in [0, 0.05) is 32.1 Å². The van der Waals surface area contributed by atoms with Gasteiger partial charge < -0.3 is 15.5 Å². The van der Waals surface area contributed by atoms with E-state index in [0.717, 1.165) is 38.9 Å². The Bertz CT molecular complexity index is 349. The van der Waals surface area contributed by atoms with E-state index in [1.165, 1.54) is 0 Å². The third-order valence-electron chi connectivity index (χ3n) is 4.18. The summed E-state index contributed by atoms with van der Waals surface area (Å²) in [6, 6.07) is -0.0701. The average molecular weight is 267 g/mol. The van der Waals surface area contributed by atoms with Crippen LogP contribution in [0.5, 0.6) is 0 Å². The maximum Gasteiger partial charge on any atom is 0.245 e. The highest BCUT2D eigenvalue weighted by Crippen LogP contribution is 2.22. The molecule has 0 aromatic carbocycles. The summed E-state index contributed by atoms with van der Waals surface area (Å²) in [7, 11) is 0. The van der Waals surface area contributed by atoms with Gasteiger partial charge in [-0.25, -0.2) is 0 Å². The SMILES string of the molecule is CC(C)C(C(=O)N1CCC(N)CC1)N1CCCC1=O. The Morgan fingerprint density at radius 2 is 1.89 bits per heavy atom. The first-order valence-corrected chi connectivity index (χ1v) is 7.34. The van der Waals surface area contributed by atoms with Crippen molar-refractivity contribution in [3.8, 4) is 0 Å². The van der Waals surface area contributed by atoms with Crippen molar-refractivity contribution < 1.29 is 9.59 Å². The van der Waals surface area contributed by atoms with Crippen molar-refractivity contribution in [1.82, 2.24) is 9.80 Å². The van der Waals surface area contributed by atoms with E-state index in [9.17, 15) is 9.59 Å². The maximum absolute atomic E-state index is 12.7. The van der Waals surface area contributed by atoms with Crippen molar-refractivity contribution in [2.45, 2.75) is 51.6 Å². The Morgan fingerprint density at radius 3 is 2.37 bits per heavy atom. The van der Waals surface area contributed by atoms with Crippen LogP contribution in [0.4, 0.5) is 0 Å². The summed E-state index contributed by atoms with van der Waals surface area (Å²) in [4.78, 5) is 28.2. The van der Waals surface area contributed by atoms with Crippen molar-refractivity contribution in [3.05, 3.63) is 0 Å². The molecular weight excluding hydrogens is 242 g/mol. The standard InChI is InChI=1S/C14H25N3O2/c1-10(2)13(17-7-3-4-12(17)18)14(19)16-8-5-11(15)6-9-16/h10-11,13H,3-9,15H2,1-2H3. The van der Waals surface area contributed by atoms with E-state index in [0.29, 0.717) is 6.42 Å². The molecule has 108 valence electrons. The lowest BCUT2D eigenvalue weighted by molar-refractivity contribution is -0.146. The van der Waals surface area contributed by atoms with Crippen LogP contribution in [-0.2, 0) is 9.59 Å². The second-order valence-corrected chi connectivity index (χ2v) is 6.04. The summed E-state index contributed by atoms with van der Waals surface area (Å²) in [6.45, 7) is 6.21. The van der Waals surface area contributed by atoms with Gasteiger partial charge in [0.05, 0.1) is 0 Å². The minimum absolute atomic E-state index is 0.108. The number of rotatable bonds is 3. The first-order valence-electron chi connectivity index (χ1n) is 7.34. The van der Waals surface area contributed by atoms with Crippen LogP contribution in [-0.4, -0.2) is 53.3 Å². The van der Waals surface area contributed by atoms with Gasteiger partial charge >= 0.3 is 0 Å². The summed E-state index contributed by atoms with van der Waals surface area (Å²) in [5, 5.41) is 0. The number of carbonyl (C=O) groups excluding carboxylic acids is 2. The fourth-order valence-corrected chi connectivity index (χ4v) is 3.05. The maximum atomic E-state index is 12.7. The van der Waals surface area contributed by atoms with E-state index in [4.69, 9.17) is 5.73 Å². The molecule has 0 bridgehead atoms. The lowest BCUT2D eigenvalue weighted by Crippen LogP contribution is -2.54. The van der Waals surface area contributed by atoms with Crippen LogP contribution in [0, 0.1) is 5.92 Å². The van der Waals surface area contributed by atoms with Gasteiger partial charge in [0.2, 0.25) is 11.8 Å². The molecule has 2 aliphatic heterocycles. The zero-order valence-electron chi connectivity index (χ0n) is 12.0. The van der Waals surface area contributed by atoms with E-state index < -0.39 is 0 Å². The van der Waals surface area contributed by atoms with E-state index in [1.54, 1.807) is 4.90 Å². The highest BCUT2D eigenvalue weighted by Gasteiger charge is 2.37. The van der Waals surface area contributed by atoms with Gasteiger partial charge in [0.15, 0.2) is 0 Å². The number of amides is 2. The van der Waals surface area contributed by atoms with Gasteiger partial charge in [-0.05, 0) is 25.2 Å². The summed E-state index contributed by atoms with van der Waals surface area (Å²) in [6.07, 6.45) is 3.19. The van der Waals surface area contributed by atoms with Crippen LogP contribution in [0.1, 0.15) is 39.5 Å². The molecule has 0 aromatic rings. The fraction of sp³-hybridized carbons (Fsp3) is 0.857. The Balaban J connectivity index is 2.06. The van der Waals surface area contributed by atoms with Gasteiger partial charge in [-0.1, -0.05) is 13.8 Å². The average Bonchev–Trinajstić information content (AvgIpc) is 2.76. The molecule has 2 fully saturated rings. The van der Waals surface area contributed by atoms with Crippen molar-refractivity contribution in [2.24, 2.45) is 11.7 Å². The number of carbonyl (C=O) groups is 2. The normalized spacial score (nSPS) is 23.3. The molecule has 2 aliphatic rings. The quantitative estimate of drug-likeness (QED) is 0.813. The second kappa shape index (κ2) is 5.90. The minimum atomic E-state index is -0.288. The molecule has 19 heavy (non-hydrogen) atoms. The molecule has 1 atom stereocenters. The van der Waals surface area contributed by atoms with E-state index in [2.05, 4.69) is 0 Å². The Labute approximate surface area is 115 Å². The molecule has 0 aromatic heterocycles. The van der Waals surface area contributed by atoms with Gasteiger partial charge in [-0.3, -0.25) is 9.59 Å². The first kappa shape index (κ1) is 14.3. The zero-order valence-corrected chi connectivity index (χ0v) is 12.0. The molecule has 0 spiro atoms. The summed E-state index contributed by atoms with van der Waals surface area (Å²) in [5.41, 5.74) is 5.87. The largest absolute Gasteiger partial charge is 0.341 e. The van der Waals surface area contributed by atoms with Crippen molar-refractivity contribution in [3.63, 3.8) is 0 Å². The lowest BCUT2D eigenvalue weighted by Gasteiger charge is -2.37. The van der Waals surface area contributed by atoms with Crippen LogP contribution in [0.25, 0.3) is 0 Å². The first-order chi connectivity index (χ1) is 9.00. The molecule has 5 nitrogen and oxygen atoms in total. The Hall–Kier alpha value is -1.10. The van der Waals surface area contributed by atoms with Gasteiger partial charge in [0.25, 0.3) is 0 Å². The number of hydrogen-bond acceptors (Lipinski definition) is 3. The third kappa shape index (κ3) is 3.08. The number of likely N-dealkylation sites (tertiary alicyclic amines) is 2. The fourth-order valence-electron chi connectivity index (χ4n) is 3.05. The molecule has 2 N–H and O–H groups in total. The van der Waals surface area contributed by atoms with Gasteiger partial charge in [-0.15, -0.1) is 0 Å². The number of piperidine rings is 1. The van der Waals surface area contributed by atoms with Crippen LogP contribution < -0.4 is 5.73 Å². The predicted octanol–water partition coefficient (Wildman–Crippen LogP) is 0.583. The van der Waals surface area contributed by atoms with Crippen LogP contribution in [0.2, 0.25) is 0 Å². The molecule has 2 amide bonds. The molecular formula is C14H25N3O2. The van der Waals surface area contributed by atoms with Crippen molar-refractivity contribution in [2.75, 3.05) is 19.6 Å². The monoisotopic (exact) mass is 267 g/mol. The van der Waals surface area contributed by atoms with Crippen LogP contribution >= 0.6 is 0 Å². The highest BCUT2D eigenvalue weighted by atomic mass is 16.2. The predicted molar refractivity (Wildman–Crippen MR) is 73.4 cm³/mol. The third-order valence-corrected chi connectivity index (χ3v) is 4.18. The molecule has 0 aliphatic carbocycles.